The van der Waals surface area contributed by atoms with Gasteiger partial charge in [0.1, 0.15) is 0 Å². The molecule has 0 spiro atoms. The van der Waals surface area contributed by atoms with E-state index in [-0.39, 0.29) is 6.61 Å². The van der Waals surface area contributed by atoms with Crippen LogP contribution in [0.2, 0.25) is 0 Å². The van der Waals surface area contributed by atoms with Gasteiger partial charge < -0.3 is 10.2 Å². The molecule has 0 atom stereocenters. The van der Waals surface area contributed by atoms with Crippen LogP contribution >= 0.6 is 11.3 Å². The van der Waals surface area contributed by atoms with Crippen molar-refractivity contribution in [3.63, 3.8) is 0 Å². The van der Waals surface area contributed by atoms with Crippen molar-refractivity contribution in [3.05, 3.63) is 47.0 Å². The summed E-state index contributed by atoms with van der Waals surface area (Å²) in [4.78, 5) is 19.6. The largest absolute Gasteiger partial charge is 0.389 e. The number of rotatable bonds is 6. The van der Waals surface area contributed by atoms with Gasteiger partial charge in [0.2, 0.25) is 6.41 Å². The molecule has 0 radical (unpaired) electrons. The Labute approximate surface area is 114 Å². The van der Waals surface area contributed by atoms with Crippen molar-refractivity contribution < 1.29 is 9.63 Å². The first-order valence-electron chi connectivity index (χ1n) is 5.66. The molecule has 1 heterocycles. The highest BCUT2D eigenvalue weighted by atomic mass is 32.1. The Morgan fingerprint density at radius 1 is 1.47 bits per heavy atom. The Bertz CT molecular complexity index is 566. The summed E-state index contributed by atoms with van der Waals surface area (Å²) in [6.07, 6.45) is 0.598. The maximum Gasteiger partial charge on any atom is 0.213 e. The number of hydrogen-bond donors (Lipinski definition) is 1. The van der Waals surface area contributed by atoms with Gasteiger partial charge >= 0.3 is 0 Å². The molecule has 1 aromatic heterocycles. The van der Waals surface area contributed by atoms with Crippen LogP contribution in [0.1, 0.15) is 18.2 Å². The summed E-state index contributed by atoms with van der Waals surface area (Å²) >= 11 is 1.35. The SMILES string of the molecule is C/C(=N/OCc1csc(NC=O)n1)c1ccccc1. The van der Waals surface area contributed by atoms with Crippen LogP contribution < -0.4 is 5.32 Å². The van der Waals surface area contributed by atoms with Crippen LogP contribution in [0.5, 0.6) is 0 Å². The third kappa shape index (κ3) is 3.89. The Kier molecular flexibility index (Phi) is 4.63. The second kappa shape index (κ2) is 6.65. The number of carbonyl (C=O) groups is 1. The summed E-state index contributed by atoms with van der Waals surface area (Å²) < 4.78 is 0. The van der Waals surface area contributed by atoms with E-state index in [4.69, 9.17) is 4.84 Å². The van der Waals surface area contributed by atoms with Gasteiger partial charge in [-0.2, -0.15) is 0 Å². The van der Waals surface area contributed by atoms with Gasteiger partial charge in [-0.3, -0.25) is 4.79 Å². The van der Waals surface area contributed by atoms with Gasteiger partial charge in [0.25, 0.3) is 0 Å². The number of nitrogens with zero attached hydrogens (tertiary/aromatic N) is 2. The minimum Gasteiger partial charge on any atom is -0.389 e. The number of amides is 1. The van der Waals surface area contributed by atoms with Crippen LogP contribution in [0, 0.1) is 0 Å². The fraction of sp³-hybridized carbons (Fsp3) is 0.154. The summed E-state index contributed by atoms with van der Waals surface area (Å²) in [6.45, 7) is 2.16. The molecule has 1 amide bonds. The monoisotopic (exact) mass is 275 g/mol. The van der Waals surface area contributed by atoms with E-state index in [1.54, 1.807) is 0 Å². The number of carbonyl (C=O) groups excluding carboxylic acids is 1. The molecule has 5 nitrogen and oxygen atoms in total. The van der Waals surface area contributed by atoms with E-state index >= 15 is 0 Å². The second-order valence-electron chi connectivity index (χ2n) is 3.72. The average Bonchev–Trinajstić information content (AvgIpc) is 2.88. The highest BCUT2D eigenvalue weighted by Crippen LogP contribution is 2.15. The van der Waals surface area contributed by atoms with Gasteiger partial charge in [-0.25, -0.2) is 4.98 Å². The predicted molar refractivity (Wildman–Crippen MR) is 75.2 cm³/mol. The van der Waals surface area contributed by atoms with E-state index in [2.05, 4.69) is 15.5 Å². The third-order valence-electron chi connectivity index (χ3n) is 2.34. The van der Waals surface area contributed by atoms with Crippen LogP contribution in [0.3, 0.4) is 0 Å². The van der Waals surface area contributed by atoms with Gasteiger partial charge in [-0.15, -0.1) is 11.3 Å². The molecule has 2 aromatic rings. The molecular weight excluding hydrogens is 262 g/mol. The van der Waals surface area contributed by atoms with Gasteiger partial charge in [0, 0.05) is 5.38 Å². The Balaban J connectivity index is 1.90. The van der Waals surface area contributed by atoms with Crippen molar-refractivity contribution >= 4 is 28.6 Å². The van der Waals surface area contributed by atoms with Crippen LogP contribution in [-0.4, -0.2) is 17.1 Å². The molecule has 0 aliphatic heterocycles. The van der Waals surface area contributed by atoms with Crippen LogP contribution in [0.25, 0.3) is 0 Å². The number of nitrogens with one attached hydrogen (secondary N) is 1. The second-order valence-corrected chi connectivity index (χ2v) is 4.58. The Hall–Kier alpha value is -2.21. The zero-order valence-electron chi connectivity index (χ0n) is 10.4. The van der Waals surface area contributed by atoms with E-state index in [1.165, 1.54) is 11.3 Å². The zero-order chi connectivity index (χ0) is 13.5. The number of oxime groups is 1. The molecule has 0 saturated heterocycles. The van der Waals surface area contributed by atoms with Crippen LogP contribution in [0.15, 0.2) is 40.9 Å². The van der Waals surface area contributed by atoms with Crippen molar-refractivity contribution in [1.29, 1.82) is 0 Å². The quantitative estimate of drug-likeness (QED) is 0.501. The van der Waals surface area contributed by atoms with E-state index in [0.29, 0.717) is 11.5 Å². The summed E-state index contributed by atoms with van der Waals surface area (Å²) in [6, 6.07) is 9.79. The lowest BCUT2D eigenvalue weighted by molar-refractivity contribution is -0.105. The minimum atomic E-state index is 0.279. The first-order valence-corrected chi connectivity index (χ1v) is 6.54. The third-order valence-corrected chi connectivity index (χ3v) is 3.16. The fourth-order valence-corrected chi connectivity index (χ4v) is 2.07. The highest BCUT2D eigenvalue weighted by Gasteiger charge is 2.02. The average molecular weight is 275 g/mol. The Morgan fingerprint density at radius 3 is 3.00 bits per heavy atom. The minimum absolute atomic E-state index is 0.279. The summed E-state index contributed by atoms with van der Waals surface area (Å²) in [5.41, 5.74) is 2.56. The molecule has 1 aromatic carbocycles. The Morgan fingerprint density at radius 2 is 2.26 bits per heavy atom. The van der Waals surface area contributed by atoms with Gasteiger partial charge in [-0.05, 0) is 12.5 Å². The molecule has 1 N–H and O–H groups in total. The standard InChI is InChI=1S/C13H13N3O2S/c1-10(11-5-3-2-4-6-11)16-18-7-12-8-19-13(15-12)14-9-17/h2-6,8-9H,7H2,1H3,(H,14,15,17)/b16-10-. The number of aromatic nitrogens is 1. The molecule has 0 saturated carbocycles. The zero-order valence-corrected chi connectivity index (χ0v) is 11.2. The topological polar surface area (TPSA) is 63.6 Å². The molecule has 2 rings (SSSR count). The fourth-order valence-electron chi connectivity index (χ4n) is 1.42. The first-order chi connectivity index (χ1) is 9.29. The molecule has 0 aliphatic rings. The summed E-state index contributed by atoms with van der Waals surface area (Å²) in [5.74, 6) is 0. The first kappa shape index (κ1) is 13.2. The van der Waals surface area contributed by atoms with Gasteiger partial charge in [-0.1, -0.05) is 35.5 Å². The van der Waals surface area contributed by atoms with Gasteiger partial charge in [0.05, 0.1) is 11.4 Å². The van der Waals surface area contributed by atoms with E-state index in [1.807, 2.05) is 42.6 Å². The molecular formula is C13H13N3O2S. The molecule has 0 unspecified atom stereocenters. The van der Waals surface area contributed by atoms with Crippen molar-refractivity contribution in [1.82, 2.24) is 4.98 Å². The van der Waals surface area contributed by atoms with Gasteiger partial charge in [0.15, 0.2) is 11.7 Å². The smallest absolute Gasteiger partial charge is 0.213 e. The number of hydrogen-bond acceptors (Lipinski definition) is 5. The molecule has 0 bridgehead atoms. The maximum absolute atomic E-state index is 10.2. The van der Waals surface area contributed by atoms with Crippen molar-refractivity contribution in [2.75, 3.05) is 5.32 Å². The number of thiazole rings is 1. The van der Waals surface area contributed by atoms with Crippen molar-refractivity contribution in [3.8, 4) is 0 Å². The molecule has 6 heteroatoms. The van der Waals surface area contributed by atoms with Crippen LogP contribution in [-0.2, 0) is 16.2 Å². The predicted octanol–water partition coefficient (Wildman–Crippen LogP) is 2.65. The normalized spacial score (nSPS) is 11.1. The van der Waals surface area contributed by atoms with Crippen LogP contribution in [0.4, 0.5) is 5.13 Å². The molecule has 19 heavy (non-hydrogen) atoms. The van der Waals surface area contributed by atoms with Crippen molar-refractivity contribution in [2.45, 2.75) is 13.5 Å². The number of anilines is 1. The lowest BCUT2D eigenvalue weighted by Crippen LogP contribution is -1.97. The highest BCUT2D eigenvalue weighted by molar-refractivity contribution is 7.13. The van der Waals surface area contributed by atoms with Crippen molar-refractivity contribution in [2.24, 2.45) is 5.16 Å². The molecule has 0 fully saturated rings. The van der Waals surface area contributed by atoms with E-state index in [9.17, 15) is 4.79 Å². The molecule has 0 aliphatic carbocycles. The number of benzene rings is 1. The summed E-state index contributed by atoms with van der Waals surface area (Å²) in [7, 11) is 0. The molecule has 98 valence electrons. The lowest BCUT2D eigenvalue weighted by Gasteiger charge is -2.00. The summed E-state index contributed by atoms with van der Waals surface area (Å²) in [5, 5.41) is 8.90. The maximum atomic E-state index is 10.2. The lowest BCUT2D eigenvalue weighted by atomic mass is 10.1. The van der Waals surface area contributed by atoms with E-state index < -0.39 is 0 Å². The van der Waals surface area contributed by atoms with E-state index in [0.717, 1.165) is 17.0 Å².